The zero-order valence-corrected chi connectivity index (χ0v) is 13.1. The van der Waals surface area contributed by atoms with E-state index in [0.717, 1.165) is 6.42 Å². The molecule has 0 fully saturated rings. The van der Waals surface area contributed by atoms with E-state index in [1.54, 1.807) is 6.20 Å². The average Bonchev–Trinajstić information content (AvgIpc) is 2.48. The molecule has 0 atom stereocenters. The monoisotopic (exact) mass is 288 g/mol. The van der Waals surface area contributed by atoms with Gasteiger partial charge in [-0.3, -0.25) is 4.79 Å². The number of allylic oxidation sites excluding steroid dienone is 1. The molecular weight excluding hydrogens is 264 g/mol. The van der Waals surface area contributed by atoms with Crippen LogP contribution in [0.15, 0.2) is 17.8 Å². The Balaban J connectivity index is 1.89. The summed E-state index contributed by atoms with van der Waals surface area (Å²) in [4.78, 5) is 22.5. The van der Waals surface area contributed by atoms with Gasteiger partial charge >= 0.3 is 0 Å². The predicted octanol–water partition coefficient (Wildman–Crippen LogP) is 2.47. The highest BCUT2D eigenvalue weighted by molar-refractivity contribution is 5.94. The van der Waals surface area contributed by atoms with Crippen molar-refractivity contribution in [1.29, 1.82) is 0 Å². The van der Waals surface area contributed by atoms with E-state index in [9.17, 15) is 4.79 Å². The fourth-order valence-electron chi connectivity index (χ4n) is 2.46. The second-order valence-electron chi connectivity index (χ2n) is 5.68. The summed E-state index contributed by atoms with van der Waals surface area (Å²) < 4.78 is 0. The van der Waals surface area contributed by atoms with Crippen LogP contribution in [0.1, 0.15) is 48.2 Å². The minimum absolute atomic E-state index is 0.0887. The Labute approximate surface area is 126 Å². The third-order valence-corrected chi connectivity index (χ3v) is 3.73. The van der Waals surface area contributed by atoms with Gasteiger partial charge in [-0.15, -0.1) is 0 Å². The zero-order chi connectivity index (χ0) is 15.2. The van der Waals surface area contributed by atoms with E-state index in [1.807, 2.05) is 25.9 Å². The van der Waals surface area contributed by atoms with Crippen LogP contribution in [-0.2, 0) is 0 Å². The predicted molar refractivity (Wildman–Crippen MR) is 84.6 cm³/mol. The highest BCUT2D eigenvalue weighted by atomic mass is 16.1. The van der Waals surface area contributed by atoms with Crippen LogP contribution < -0.4 is 10.2 Å². The Hall–Kier alpha value is -1.91. The number of carbonyl (C=O) groups is 1. The van der Waals surface area contributed by atoms with E-state index < -0.39 is 0 Å². The average molecular weight is 288 g/mol. The van der Waals surface area contributed by atoms with Crippen molar-refractivity contribution in [2.45, 2.75) is 39.0 Å². The normalized spacial score (nSPS) is 14.5. The van der Waals surface area contributed by atoms with Gasteiger partial charge in [-0.25, -0.2) is 9.97 Å². The van der Waals surface area contributed by atoms with Gasteiger partial charge < -0.3 is 10.2 Å². The molecule has 0 saturated carbocycles. The van der Waals surface area contributed by atoms with Crippen LogP contribution in [0, 0.1) is 6.92 Å². The highest BCUT2D eigenvalue weighted by Gasteiger charge is 2.12. The lowest BCUT2D eigenvalue weighted by Gasteiger charge is -2.14. The molecule has 1 amide bonds. The molecule has 1 aliphatic rings. The molecule has 0 saturated heterocycles. The number of aryl methyl sites for hydroxylation is 1. The number of hydrogen-bond donors (Lipinski definition) is 1. The summed E-state index contributed by atoms with van der Waals surface area (Å²) in [6, 6.07) is 0. The third kappa shape index (κ3) is 4.28. The molecule has 1 aromatic heterocycles. The third-order valence-electron chi connectivity index (χ3n) is 3.73. The summed E-state index contributed by atoms with van der Waals surface area (Å²) in [7, 11) is 3.76. The van der Waals surface area contributed by atoms with E-state index in [4.69, 9.17) is 0 Å². The number of hydrogen-bond acceptors (Lipinski definition) is 4. The van der Waals surface area contributed by atoms with E-state index in [-0.39, 0.29) is 5.91 Å². The number of amides is 1. The summed E-state index contributed by atoms with van der Waals surface area (Å²) >= 11 is 0. The molecule has 2 rings (SSSR count). The standard InChI is InChI=1S/C16H24N4O/c1-12-14(11-18-16(19-12)20(2)3)15(21)17-10-9-13-7-5-4-6-8-13/h7,11H,4-6,8-10H2,1-3H3,(H,17,21). The van der Waals surface area contributed by atoms with E-state index in [1.165, 1.54) is 31.3 Å². The maximum atomic E-state index is 12.2. The van der Waals surface area contributed by atoms with Gasteiger partial charge in [0.05, 0.1) is 11.3 Å². The Kier molecular flexibility index (Phi) is 5.31. The number of nitrogens with zero attached hydrogens (tertiary/aromatic N) is 3. The van der Waals surface area contributed by atoms with Gasteiger partial charge in [0.25, 0.3) is 5.91 Å². The fraction of sp³-hybridized carbons (Fsp3) is 0.562. The molecule has 0 spiro atoms. The highest BCUT2D eigenvalue weighted by Crippen LogP contribution is 2.19. The van der Waals surface area contributed by atoms with Crippen molar-refractivity contribution < 1.29 is 4.79 Å². The first-order valence-corrected chi connectivity index (χ1v) is 7.55. The molecule has 0 bridgehead atoms. The van der Waals surface area contributed by atoms with Gasteiger partial charge in [-0.05, 0) is 39.0 Å². The van der Waals surface area contributed by atoms with Crippen molar-refractivity contribution in [3.63, 3.8) is 0 Å². The van der Waals surface area contributed by atoms with Crippen molar-refractivity contribution in [1.82, 2.24) is 15.3 Å². The second-order valence-corrected chi connectivity index (χ2v) is 5.68. The van der Waals surface area contributed by atoms with Gasteiger partial charge in [-0.2, -0.15) is 0 Å². The van der Waals surface area contributed by atoms with Crippen LogP contribution in [0.2, 0.25) is 0 Å². The summed E-state index contributed by atoms with van der Waals surface area (Å²) in [6.07, 6.45) is 9.80. The Morgan fingerprint density at radius 3 is 2.81 bits per heavy atom. The first-order chi connectivity index (χ1) is 10.1. The zero-order valence-electron chi connectivity index (χ0n) is 13.1. The van der Waals surface area contributed by atoms with Crippen LogP contribution in [0.4, 0.5) is 5.95 Å². The van der Waals surface area contributed by atoms with Crippen LogP contribution in [0.3, 0.4) is 0 Å². The lowest BCUT2D eigenvalue weighted by molar-refractivity contribution is 0.0952. The smallest absolute Gasteiger partial charge is 0.254 e. The fourth-order valence-corrected chi connectivity index (χ4v) is 2.46. The first-order valence-electron chi connectivity index (χ1n) is 7.55. The Bertz CT molecular complexity index is 537. The van der Waals surface area contributed by atoms with E-state index >= 15 is 0 Å². The SMILES string of the molecule is Cc1nc(N(C)C)ncc1C(=O)NCCC1=CCCCC1. The van der Waals surface area contributed by atoms with Crippen LogP contribution >= 0.6 is 0 Å². The van der Waals surface area contributed by atoms with E-state index in [0.29, 0.717) is 23.8 Å². The Morgan fingerprint density at radius 1 is 1.38 bits per heavy atom. The van der Waals surface area contributed by atoms with Crippen LogP contribution in [0.5, 0.6) is 0 Å². The number of nitrogens with one attached hydrogen (secondary N) is 1. The summed E-state index contributed by atoms with van der Waals surface area (Å²) in [5.74, 6) is 0.533. The van der Waals surface area contributed by atoms with Gasteiger partial charge in [0, 0.05) is 26.8 Å². The molecule has 0 radical (unpaired) electrons. The number of anilines is 1. The number of rotatable bonds is 5. The van der Waals surface area contributed by atoms with Crippen molar-refractivity contribution in [2.24, 2.45) is 0 Å². The molecule has 21 heavy (non-hydrogen) atoms. The number of aromatic nitrogens is 2. The van der Waals surface area contributed by atoms with Crippen molar-refractivity contribution in [3.8, 4) is 0 Å². The molecule has 1 heterocycles. The lowest BCUT2D eigenvalue weighted by atomic mass is 9.97. The van der Waals surface area contributed by atoms with Crippen LogP contribution in [0.25, 0.3) is 0 Å². The van der Waals surface area contributed by atoms with Crippen molar-refractivity contribution in [2.75, 3.05) is 25.5 Å². The first kappa shape index (κ1) is 15.5. The topological polar surface area (TPSA) is 58.1 Å². The van der Waals surface area contributed by atoms with Gasteiger partial charge in [0.2, 0.25) is 5.95 Å². The molecule has 114 valence electrons. The maximum absolute atomic E-state index is 12.2. The maximum Gasteiger partial charge on any atom is 0.254 e. The molecule has 1 aliphatic carbocycles. The quantitative estimate of drug-likeness (QED) is 0.846. The molecule has 0 aromatic carbocycles. The molecule has 1 N–H and O–H groups in total. The molecule has 1 aromatic rings. The summed E-state index contributed by atoms with van der Waals surface area (Å²) in [5, 5.41) is 2.96. The van der Waals surface area contributed by atoms with Crippen LogP contribution in [-0.4, -0.2) is 36.5 Å². The largest absolute Gasteiger partial charge is 0.352 e. The lowest BCUT2D eigenvalue weighted by Crippen LogP contribution is -2.26. The molecule has 5 heteroatoms. The molecule has 5 nitrogen and oxygen atoms in total. The minimum atomic E-state index is -0.0887. The molecule has 0 unspecified atom stereocenters. The molecular formula is C16H24N4O. The molecule has 0 aliphatic heterocycles. The minimum Gasteiger partial charge on any atom is -0.352 e. The van der Waals surface area contributed by atoms with Gasteiger partial charge in [-0.1, -0.05) is 11.6 Å². The van der Waals surface area contributed by atoms with Gasteiger partial charge in [0.1, 0.15) is 0 Å². The number of carbonyl (C=O) groups excluding carboxylic acids is 1. The summed E-state index contributed by atoms with van der Waals surface area (Å²) in [5.41, 5.74) is 2.73. The van der Waals surface area contributed by atoms with Gasteiger partial charge in [0.15, 0.2) is 0 Å². The van der Waals surface area contributed by atoms with E-state index in [2.05, 4.69) is 21.4 Å². The second kappa shape index (κ2) is 7.20. The van der Waals surface area contributed by atoms with Crippen molar-refractivity contribution >= 4 is 11.9 Å². The van der Waals surface area contributed by atoms with Crippen molar-refractivity contribution in [3.05, 3.63) is 29.1 Å². The summed E-state index contributed by atoms with van der Waals surface area (Å²) in [6.45, 7) is 2.52. The Morgan fingerprint density at radius 2 is 2.19 bits per heavy atom.